The van der Waals surface area contributed by atoms with Crippen LogP contribution in [0.15, 0.2) is 42.5 Å². The summed E-state index contributed by atoms with van der Waals surface area (Å²) in [7, 11) is 0. The highest BCUT2D eigenvalue weighted by Crippen LogP contribution is 2.26. The molecule has 0 bridgehead atoms. The largest absolute Gasteiger partial charge is 0.507 e. The van der Waals surface area contributed by atoms with Gasteiger partial charge in [0, 0.05) is 11.6 Å². The zero-order valence-corrected chi connectivity index (χ0v) is 14.6. The third kappa shape index (κ3) is 5.89. The molecule has 0 aliphatic rings. The molecule has 25 heavy (non-hydrogen) atoms. The van der Waals surface area contributed by atoms with Gasteiger partial charge in [0.2, 0.25) is 0 Å². The Hall–Kier alpha value is -2.36. The second kappa shape index (κ2) is 9.82. The zero-order valence-electron chi connectivity index (χ0n) is 14.6. The standard InChI is InChI=1S/C21H25FO3/c1-2-3-4-5-6-7-14-25-18-12-13-19(20(23)15-18)21(24)16-8-10-17(22)11-9-16/h8-13,15,23H,2-7,14H2,1H3. The van der Waals surface area contributed by atoms with E-state index in [4.69, 9.17) is 4.74 Å². The normalized spacial score (nSPS) is 10.6. The average Bonchev–Trinajstić information content (AvgIpc) is 2.61. The van der Waals surface area contributed by atoms with E-state index in [1.807, 2.05) is 0 Å². The number of hydrogen-bond donors (Lipinski definition) is 1. The van der Waals surface area contributed by atoms with Gasteiger partial charge < -0.3 is 9.84 Å². The average molecular weight is 344 g/mol. The number of halogens is 1. The van der Waals surface area contributed by atoms with Gasteiger partial charge in [0.05, 0.1) is 12.2 Å². The molecule has 0 aliphatic carbocycles. The van der Waals surface area contributed by atoms with Crippen LogP contribution < -0.4 is 4.74 Å². The second-order valence-corrected chi connectivity index (χ2v) is 6.13. The summed E-state index contributed by atoms with van der Waals surface area (Å²) in [5.41, 5.74) is 0.510. The predicted octanol–water partition coefficient (Wildman–Crippen LogP) is 5.50. The van der Waals surface area contributed by atoms with E-state index in [9.17, 15) is 14.3 Å². The van der Waals surface area contributed by atoms with Crippen LogP contribution in [0.5, 0.6) is 11.5 Å². The Bertz CT molecular complexity index is 680. The lowest BCUT2D eigenvalue weighted by atomic mass is 10.0. The van der Waals surface area contributed by atoms with Gasteiger partial charge in [-0.3, -0.25) is 4.79 Å². The van der Waals surface area contributed by atoms with Crippen molar-refractivity contribution in [3.8, 4) is 11.5 Å². The van der Waals surface area contributed by atoms with Gasteiger partial charge in [-0.15, -0.1) is 0 Å². The molecule has 0 aliphatic heterocycles. The third-order valence-electron chi connectivity index (χ3n) is 4.09. The van der Waals surface area contributed by atoms with E-state index < -0.39 is 5.82 Å². The summed E-state index contributed by atoms with van der Waals surface area (Å²) in [6.07, 6.45) is 7.09. The molecule has 134 valence electrons. The smallest absolute Gasteiger partial charge is 0.196 e. The molecule has 4 heteroatoms. The first-order valence-corrected chi connectivity index (χ1v) is 8.88. The fourth-order valence-corrected chi connectivity index (χ4v) is 2.62. The van der Waals surface area contributed by atoms with Crippen LogP contribution in [0.25, 0.3) is 0 Å². The van der Waals surface area contributed by atoms with Crippen molar-refractivity contribution >= 4 is 5.78 Å². The summed E-state index contributed by atoms with van der Waals surface area (Å²) < 4.78 is 18.6. The molecule has 0 saturated heterocycles. The Balaban J connectivity index is 1.87. The minimum atomic E-state index is -0.404. The van der Waals surface area contributed by atoms with E-state index in [1.165, 1.54) is 62.1 Å². The van der Waals surface area contributed by atoms with Gasteiger partial charge in [0.15, 0.2) is 5.78 Å². The number of benzene rings is 2. The van der Waals surface area contributed by atoms with Crippen molar-refractivity contribution in [2.45, 2.75) is 45.4 Å². The van der Waals surface area contributed by atoms with Gasteiger partial charge in [-0.2, -0.15) is 0 Å². The molecular weight excluding hydrogens is 319 g/mol. The van der Waals surface area contributed by atoms with Crippen LogP contribution in [0.4, 0.5) is 4.39 Å². The van der Waals surface area contributed by atoms with Crippen LogP contribution in [0, 0.1) is 5.82 Å². The molecule has 0 fully saturated rings. The van der Waals surface area contributed by atoms with Crippen LogP contribution in [0.1, 0.15) is 61.4 Å². The zero-order chi connectivity index (χ0) is 18.1. The summed E-state index contributed by atoms with van der Waals surface area (Å²) in [5.74, 6) is -0.337. The number of carbonyl (C=O) groups is 1. The quantitative estimate of drug-likeness (QED) is 0.457. The topological polar surface area (TPSA) is 46.5 Å². The summed E-state index contributed by atoms with van der Waals surface area (Å²) in [6.45, 7) is 2.79. The summed E-state index contributed by atoms with van der Waals surface area (Å²) in [5, 5.41) is 10.1. The molecule has 0 spiro atoms. The highest BCUT2D eigenvalue weighted by atomic mass is 19.1. The third-order valence-corrected chi connectivity index (χ3v) is 4.09. The SMILES string of the molecule is CCCCCCCCOc1ccc(C(=O)c2ccc(F)cc2)c(O)c1. The van der Waals surface area contributed by atoms with Crippen LogP contribution in [-0.2, 0) is 0 Å². The molecule has 0 aromatic heterocycles. The number of ether oxygens (including phenoxy) is 1. The summed E-state index contributed by atoms with van der Waals surface area (Å²) in [6, 6.07) is 9.92. The molecule has 0 radical (unpaired) electrons. The van der Waals surface area contributed by atoms with Gasteiger partial charge in [0.25, 0.3) is 0 Å². The number of unbranched alkanes of at least 4 members (excludes halogenated alkanes) is 5. The maximum absolute atomic E-state index is 12.9. The van der Waals surface area contributed by atoms with Gasteiger partial charge in [0.1, 0.15) is 17.3 Å². The number of carbonyl (C=O) groups excluding carboxylic acids is 1. The Labute approximate surface area is 148 Å². The van der Waals surface area contributed by atoms with E-state index in [-0.39, 0.29) is 17.1 Å². The lowest BCUT2D eigenvalue weighted by Crippen LogP contribution is -2.03. The lowest BCUT2D eigenvalue weighted by Gasteiger charge is -2.09. The number of ketones is 1. The fraction of sp³-hybridized carbons (Fsp3) is 0.381. The first kappa shape index (κ1) is 19.0. The molecule has 0 heterocycles. The van der Waals surface area contributed by atoms with Crippen molar-refractivity contribution < 1.29 is 19.0 Å². The van der Waals surface area contributed by atoms with E-state index in [0.29, 0.717) is 17.9 Å². The molecule has 2 rings (SSSR count). The highest BCUT2D eigenvalue weighted by Gasteiger charge is 2.14. The van der Waals surface area contributed by atoms with Crippen LogP contribution >= 0.6 is 0 Å². The molecule has 0 atom stereocenters. The molecule has 3 nitrogen and oxygen atoms in total. The van der Waals surface area contributed by atoms with E-state index in [1.54, 1.807) is 6.07 Å². The van der Waals surface area contributed by atoms with E-state index >= 15 is 0 Å². The molecule has 2 aromatic rings. The maximum Gasteiger partial charge on any atom is 0.196 e. The van der Waals surface area contributed by atoms with Crippen molar-refractivity contribution in [3.05, 3.63) is 59.4 Å². The van der Waals surface area contributed by atoms with Gasteiger partial charge in [-0.05, 0) is 42.8 Å². The van der Waals surface area contributed by atoms with Gasteiger partial charge >= 0.3 is 0 Å². The monoisotopic (exact) mass is 344 g/mol. The number of phenols is 1. The summed E-state index contributed by atoms with van der Waals surface area (Å²) in [4.78, 5) is 12.4. The van der Waals surface area contributed by atoms with Crippen molar-refractivity contribution in [1.82, 2.24) is 0 Å². The number of rotatable bonds is 10. The molecule has 0 saturated carbocycles. The second-order valence-electron chi connectivity index (χ2n) is 6.13. The Kier molecular flexibility index (Phi) is 7.45. The first-order valence-electron chi connectivity index (χ1n) is 8.88. The van der Waals surface area contributed by atoms with Crippen molar-refractivity contribution in [3.63, 3.8) is 0 Å². The van der Waals surface area contributed by atoms with Crippen molar-refractivity contribution in [1.29, 1.82) is 0 Å². The maximum atomic E-state index is 12.9. The van der Waals surface area contributed by atoms with Crippen LogP contribution in [0.2, 0.25) is 0 Å². The Morgan fingerprint density at radius 1 is 1.00 bits per heavy atom. The molecule has 0 amide bonds. The Morgan fingerprint density at radius 2 is 1.68 bits per heavy atom. The summed E-state index contributed by atoms with van der Waals surface area (Å²) >= 11 is 0. The fourth-order valence-electron chi connectivity index (χ4n) is 2.62. The minimum Gasteiger partial charge on any atom is -0.507 e. The number of phenolic OH excluding ortho intramolecular Hbond substituents is 1. The number of aromatic hydroxyl groups is 1. The molecule has 1 N–H and O–H groups in total. The van der Waals surface area contributed by atoms with Crippen LogP contribution in [0.3, 0.4) is 0 Å². The van der Waals surface area contributed by atoms with E-state index in [2.05, 4.69) is 6.92 Å². The molecule has 2 aromatic carbocycles. The van der Waals surface area contributed by atoms with E-state index in [0.717, 1.165) is 12.8 Å². The van der Waals surface area contributed by atoms with Crippen molar-refractivity contribution in [2.75, 3.05) is 6.61 Å². The van der Waals surface area contributed by atoms with Gasteiger partial charge in [-0.25, -0.2) is 4.39 Å². The Morgan fingerprint density at radius 3 is 2.36 bits per heavy atom. The predicted molar refractivity (Wildman–Crippen MR) is 96.8 cm³/mol. The highest BCUT2D eigenvalue weighted by molar-refractivity contribution is 6.10. The molecular formula is C21H25FO3. The lowest BCUT2D eigenvalue weighted by molar-refractivity contribution is 0.103. The van der Waals surface area contributed by atoms with Crippen molar-refractivity contribution in [2.24, 2.45) is 0 Å². The van der Waals surface area contributed by atoms with Gasteiger partial charge in [-0.1, -0.05) is 39.0 Å². The molecule has 0 unspecified atom stereocenters. The number of hydrogen-bond acceptors (Lipinski definition) is 3. The first-order chi connectivity index (χ1) is 12.1. The minimum absolute atomic E-state index is 0.130. The van der Waals surface area contributed by atoms with Crippen LogP contribution in [-0.4, -0.2) is 17.5 Å².